The summed E-state index contributed by atoms with van der Waals surface area (Å²) in [7, 11) is 0. The van der Waals surface area contributed by atoms with Gasteiger partial charge in [-0.3, -0.25) is 24.7 Å². The lowest BCUT2D eigenvalue weighted by Crippen LogP contribution is -2.47. The minimum atomic E-state index is -0.783. The summed E-state index contributed by atoms with van der Waals surface area (Å²) in [6, 6.07) is 2.92. The van der Waals surface area contributed by atoms with Gasteiger partial charge in [0.05, 0.1) is 34.4 Å². The van der Waals surface area contributed by atoms with E-state index in [0.717, 1.165) is 48.2 Å². The van der Waals surface area contributed by atoms with Crippen LogP contribution in [0, 0.1) is 0 Å². The van der Waals surface area contributed by atoms with E-state index in [0.29, 0.717) is 34.6 Å². The Morgan fingerprint density at radius 1 is 1.13 bits per heavy atom. The molecule has 2 saturated heterocycles. The zero-order valence-corrected chi connectivity index (χ0v) is 24.4. The Morgan fingerprint density at radius 2 is 1.87 bits per heavy atom. The van der Waals surface area contributed by atoms with Crippen molar-refractivity contribution < 1.29 is 14.7 Å². The van der Waals surface area contributed by atoms with Crippen molar-refractivity contribution in [2.75, 3.05) is 42.9 Å². The van der Waals surface area contributed by atoms with Gasteiger partial charge >= 0.3 is 5.97 Å². The number of thiophene rings is 1. The first-order chi connectivity index (χ1) is 18.8. The topological polar surface area (TPSA) is 115 Å². The number of carboxylic acid groups (broad SMARTS) is 1. The van der Waals surface area contributed by atoms with Gasteiger partial charge in [0, 0.05) is 61.6 Å². The number of anilines is 2. The largest absolute Gasteiger partial charge is 0.481 e. The Labute approximate surface area is 240 Å². The van der Waals surface area contributed by atoms with E-state index in [1.54, 1.807) is 17.5 Å². The van der Waals surface area contributed by atoms with E-state index in [2.05, 4.69) is 43.8 Å². The second-order valence-corrected chi connectivity index (χ2v) is 12.5. The van der Waals surface area contributed by atoms with E-state index in [-0.39, 0.29) is 18.0 Å². The Kier molecular flexibility index (Phi) is 8.77. The highest BCUT2D eigenvalue weighted by atomic mass is 35.5. The highest BCUT2D eigenvalue weighted by Crippen LogP contribution is 2.38. The van der Waals surface area contributed by atoms with Crippen molar-refractivity contribution in [3.8, 4) is 10.6 Å². The maximum atomic E-state index is 13.0. The molecule has 0 aliphatic carbocycles. The number of amides is 1. The summed E-state index contributed by atoms with van der Waals surface area (Å²) < 4.78 is 0. The summed E-state index contributed by atoms with van der Waals surface area (Å²) >= 11 is 9.25. The average molecular weight is 590 g/mol. The third-order valence-electron chi connectivity index (χ3n) is 7.39. The first-order valence-corrected chi connectivity index (χ1v) is 15.2. The van der Waals surface area contributed by atoms with Crippen molar-refractivity contribution in [3.63, 3.8) is 0 Å². The van der Waals surface area contributed by atoms with Crippen LogP contribution in [0.15, 0.2) is 23.8 Å². The first kappa shape index (κ1) is 27.9. The van der Waals surface area contributed by atoms with Crippen molar-refractivity contribution in [3.05, 3.63) is 39.4 Å². The fourth-order valence-corrected chi connectivity index (χ4v) is 7.22. The van der Waals surface area contributed by atoms with E-state index in [9.17, 15) is 9.59 Å². The lowest BCUT2D eigenvalue weighted by molar-refractivity contribution is -0.137. The number of halogens is 1. The fourth-order valence-electron chi connectivity index (χ4n) is 5.09. The van der Waals surface area contributed by atoms with Crippen LogP contribution in [0.5, 0.6) is 0 Å². The molecular weight excluding hydrogens is 558 g/mol. The van der Waals surface area contributed by atoms with Crippen molar-refractivity contribution >= 4 is 57.1 Å². The van der Waals surface area contributed by atoms with Gasteiger partial charge in [0.25, 0.3) is 5.91 Å². The predicted molar refractivity (Wildman–Crippen MR) is 155 cm³/mol. The molecule has 0 radical (unpaired) electrons. The molecule has 2 fully saturated rings. The highest BCUT2D eigenvalue weighted by molar-refractivity contribution is 7.17. The lowest BCUT2D eigenvalue weighted by atomic mass is 10.2. The van der Waals surface area contributed by atoms with Gasteiger partial charge in [0.1, 0.15) is 11.5 Å². The van der Waals surface area contributed by atoms with Crippen molar-refractivity contribution in [2.45, 2.75) is 51.7 Å². The number of nitrogens with one attached hydrogen (secondary N) is 1. The number of hydrogen-bond donors (Lipinski definition) is 2. The summed E-state index contributed by atoms with van der Waals surface area (Å²) in [5.41, 5.74) is 1.08. The monoisotopic (exact) mass is 589 g/mol. The van der Waals surface area contributed by atoms with Gasteiger partial charge in [-0.1, -0.05) is 22.9 Å². The van der Waals surface area contributed by atoms with E-state index in [1.165, 1.54) is 30.4 Å². The molecule has 5 heterocycles. The van der Waals surface area contributed by atoms with Crippen LogP contribution in [0.1, 0.15) is 48.5 Å². The second kappa shape index (κ2) is 12.3. The van der Waals surface area contributed by atoms with Crippen LogP contribution >= 0.6 is 34.3 Å². The summed E-state index contributed by atoms with van der Waals surface area (Å²) in [5.74, 6) is -0.438. The number of thiazole rings is 1. The van der Waals surface area contributed by atoms with Crippen LogP contribution in [-0.4, -0.2) is 86.5 Å². The van der Waals surface area contributed by atoms with E-state index in [4.69, 9.17) is 21.7 Å². The maximum absolute atomic E-state index is 13.0. The third kappa shape index (κ3) is 6.75. The molecule has 1 amide bonds. The number of likely N-dealkylation sites (tertiary alicyclic amines) is 1. The van der Waals surface area contributed by atoms with Gasteiger partial charge in [-0.15, -0.1) is 11.3 Å². The Bertz CT molecular complexity index is 1300. The molecule has 5 rings (SSSR count). The quantitative estimate of drug-likeness (QED) is 0.371. The van der Waals surface area contributed by atoms with Gasteiger partial charge in [0.2, 0.25) is 0 Å². The molecule has 0 aromatic carbocycles. The van der Waals surface area contributed by atoms with Crippen LogP contribution in [0.2, 0.25) is 5.02 Å². The minimum Gasteiger partial charge on any atom is -0.481 e. The van der Waals surface area contributed by atoms with E-state index < -0.39 is 5.97 Å². The fraction of sp³-hybridized carbons (Fsp3) is 0.500. The van der Waals surface area contributed by atoms with Gasteiger partial charge in [-0.2, -0.15) is 0 Å². The number of carboxylic acids is 1. The first-order valence-electron chi connectivity index (χ1n) is 13.1. The molecule has 0 spiro atoms. The molecule has 13 heteroatoms. The number of nitrogens with zero attached hydrogens (tertiary/aromatic N) is 6. The predicted octanol–water partition coefficient (Wildman–Crippen LogP) is 4.54. The van der Waals surface area contributed by atoms with Crippen LogP contribution in [0.3, 0.4) is 0 Å². The standard InChI is InChI=1S/C26H32ClN7O3S2/c1-16-3-4-17(2)34(16)14-21-24(20-11-18(27)15-38-20)30-26(39-21)31-25(37)19-12-29-22(13-28-19)33-9-7-32(8-10-33)6-5-23(35)36/h11-13,15-17H,3-10,14H2,1-2H3,(H,35,36)(H,30,31,37)/t16-,17-/m1/s1. The molecule has 2 N–H and O–H groups in total. The zero-order chi connectivity index (χ0) is 27.5. The molecule has 3 aromatic heterocycles. The Morgan fingerprint density at radius 3 is 2.49 bits per heavy atom. The molecule has 2 aliphatic rings. The summed E-state index contributed by atoms with van der Waals surface area (Å²) in [6.45, 7) is 8.82. The second-order valence-electron chi connectivity index (χ2n) is 10.1. The smallest absolute Gasteiger partial charge is 0.304 e. The van der Waals surface area contributed by atoms with E-state index >= 15 is 0 Å². The molecular formula is C26H32ClN7O3S2. The molecule has 2 aliphatic heterocycles. The Balaban J connectivity index is 1.25. The van der Waals surface area contributed by atoms with Crippen LogP contribution in [0.25, 0.3) is 10.6 Å². The minimum absolute atomic E-state index is 0.142. The molecule has 0 unspecified atom stereocenters. The van der Waals surface area contributed by atoms with Crippen LogP contribution in [0.4, 0.5) is 10.9 Å². The number of hydrogen-bond acceptors (Lipinski definition) is 10. The molecule has 10 nitrogen and oxygen atoms in total. The molecule has 3 aromatic rings. The van der Waals surface area contributed by atoms with Crippen LogP contribution < -0.4 is 10.2 Å². The summed E-state index contributed by atoms with van der Waals surface area (Å²) in [6.07, 6.45) is 5.61. The third-order valence-corrected chi connectivity index (χ3v) is 9.63. The number of rotatable bonds is 9. The number of carbonyl (C=O) groups excluding carboxylic acids is 1. The van der Waals surface area contributed by atoms with E-state index in [1.807, 2.05) is 11.4 Å². The Hall–Kier alpha value is -2.64. The summed E-state index contributed by atoms with van der Waals surface area (Å²) in [5, 5.41) is 14.9. The molecule has 208 valence electrons. The zero-order valence-electron chi connectivity index (χ0n) is 22.0. The SMILES string of the molecule is C[C@@H]1CC[C@@H](C)N1Cc1sc(NC(=O)c2cnc(N3CCN(CCC(=O)O)CC3)cn2)nc1-c1cc(Cl)cs1. The molecule has 2 atom stereocenters. The number of aliphatic carboxylic acids is 1. The van der Waals surface area contributed by atoms with Crippen molar-refractivity contribution in [1.29, 1.82) is 0 Å². The van der Waals surface area contributed by atoms with Gasteiger partial charge in [-0.05, 0) is 32.8 Å². The van der Waals surface area contributed by atoms with Crippen LogP contribution in [-0.2, 0) is 11.3 Å². The van der Waals surface area contributed by atoms with Gasteiger partial charge < -0.3 is 10.0 Å². The normalized spacial score (nSPS) is 20.4. The van der Waals surface area contributed by atoms with Crippen molar-refractivity contribution in [1.82, 2.24) is 24.8 Å². The maximum Gasteiger partial charge on any atom is 0.304 e. The van der Waals surface area contributed by atoms with Crippen molar-refractivity contribution in [2.24, 2.45) is 0 Å². The number of aromatic nitrogens is 3. The van der Waals surface area contributed by atoms with Gasteiger partial charge in [0.15, 0.2) is 5.13 Å². The average Bonchev–Trinajstić information content (AvgIpc) is 3.62. The molecule has 39 heavy (non-hydrogen) atoms. The lowest BCUT2D eigenvalue weighted by Gasteiger charge is -2.34. The molecule has 0 bridgehead atoms. The molecule has 0 saturated carbocycles. The van der Waals surface area contributed by atoms with Gasteiger partial charge in [-0.25, -0.2) is 15.0 Å². The highest BCUT2D eigenvalue weighted by Gasteiger charge is 2.29. The number of piperazine rings is 1. The number of carbonyl (C=O) groups is 2. The summed E-state index contributed by atoms with van der Waals surface area (Å²) in [4.78, 5) is 46.3.